The zero-order chi connectivity index (χ0) is 28.5. The van der Waals surface area contributed by atoms with E-state index in [2.05, 4.69) is 15.0 Å². The number of nitrogens with one attached hydrogen (secondary N) is 2. The van der Waals surface area contributed by atoms with Gasteiger partial charge in [-0.15, -0.1) is 13.2 Å². The minimum Gasteiger partial charge on any atom is -0.497 e. The first-order valence-electron chi connectivity index (χ1n) is 11.2. The van der Waals surface area contributed by atoms with E-state index in [9.17, 15) is 26.4 Å². The van der Waals surface area contributed by atoms with Crippen molar-refractivity contribution in [3.8, 4) is 17.2 Å². The number of ether oxygens (including phenoxy) is 3. The second kappa shape index (κ2) is 10.7. The molecule has 2 N–H and O–H groups in total. The summed E-state index contributed by atoms with van der Waals surface area (Å²) in [6.07, 6.45) is -2.52. The fourth-order valence-electron chi connectivity index (χ4n) is 4.02. The first kappa shape index (κ1) is 28.1. The molecule has 39 heavy (non-hydrogen) atoms. The molecule has 0 radical (unpaired) electrons. The summed E-state index contributed by atoms with van der Waals surface area (Å²) in [7, 11) is -0.898. The maximum absolute atomic E-state index is 14.0. The number of halogens is 4. The maximum Gasteiger partial charge on any atom is 0.573 e. The summed E-state index contributed by atoms with van der Waals surface area (Å²) >= 11 is 6.12. The van der Waals surface area contributed by atoms with Crippen molar-refractivity contribution in [2.24, 2.45) is 0 Å². The van der Waals surface area contributed by atoms with E-state index in [1.165, 1.54) is 50.7 Å². The third-order valence-corrected chi connectivity index (χ3v) is 7.10. The van der Waals surface area contributed by atoms with E-state index in [1.54, 1.807) is 12.1 Å². The Kier molecular flexibility index (Phi) is 7.71. The number of aromatic nitrogens is 1. The number of rotatable bonds is 9. The molecular formula is C26H22ClF3N2O6S. The molecule has 4 rings (SSSR count). The van der Waals surface area contributed by atoms with E-state index in [-0.39, 0.29) is 33.0 Å². The molecule has 4 aromatic rings. The lowest BCUT2D eigenvalue weighted by Crippen LogP contribution is -2.22. The molecule has 0 aliphatic heterocycles. The van der Waals surface area contributed by atoms with Gasteiger partial charge in [-0.1, -0.05) is 17.7 Å². The zero-order valence-electron chi connectivity index (χ0n) is 20.7. The molecule has 1 aromatic heterocycles. The fourth-order valence-corrected chi connectivity index (χ4v) is 4.85. The minimum atomic E-state index is -4.92. The number of aromatic amines is 1. The van der Waals surface area contributed by atoms with Crippen LogP contribution in [-0.2, 0) is 9.84 Å². The van der Waals surface area contributed by atoms with E-state index < -0.39 is 33.8 Å². The van der Waals surface area contributed by atoms with Gasteiger partial charge >= 0.3 is 6.36 Å². The highest BCUT2D eigenvalue weighted by atomic mass is 35.5. The minimum absolute atomic E-state index is 0.0540. The molecule has 206 valence electrons. The van der Waals surface area contributed by atoms with Crippen molar-refractivity contribution in [1.29, 1.82) is 0 Å². The van der Waals surface area contributed by atoms with Crippen LogP contribution in [-0.4, -0.2) is 46.0 Å². The molecule has 1 atom stereocenters. The van der Waals surface area contributed by atoms with Crippen LogP contribution in [0.4, 0.5) is 18.9 Å². The highest BCUT2D eigenvalue weighted by Crippen LogP contribution is 2.36. The lowest BCUT2D eigenvalue weighted by atomic mass is 9.95. The molecule has 0 unspecified atom stereocenters. The molecule has 0 aliphatic rings. The van der Waals surface area contributed by atoms with Crippen LogP contribution in [0.5, 0.6) is 17.2 Å². The van der Waals surface area contributed by atoms with Crippen molar-refractivity contribution in [2.45, 2.75) is 17.3 Å². The Morgan fingerprint density at radius 1 is 1.00 bits per heavy atom. The number of carbonyl (C=O) groups is 1. The number of H-pyrrole nitrogens is 1. The summed E-state index contributed by atoms with van der Waals surface area (Å²) in [4.78, 5) is 16.8. The Labute approximate surface area is 226 Å². The Balaban J connectivity index is 1.86. The molecule has 0 amide bonds. The lowest BCUT2D eigenvalue weighted by molar-refractivity contribution is -0.274. The number of ketones is 1. The SMILES string of the molecule is COc1cc(N[C@@H](C(=O)c2c[nH]c3ccc(OC(F)(F)F)cc23)c2ccc(Cl)cc2OC)cc(S(C)(=O)=O)c1. The van der Waals surface area contributed by atoms with Crippen LogP contribution in [0.15, 0.2) is 65.7 Å². The number of carbonyl (C=O) groups excluding carboxylic acids is 1. The van der Waals surface area contributed by atoms with Gasteiger partial charge in [0.1, 0.15) is 23.3 Å². The average Bonchev–Trinajstić information content (AvgIpc) is 3.28. The molecule has 0 bridgehead atoms. The monoisotopic (exact) mass is 582 g/mol. The van der Waals surface area contributed by atoms with Gasteiger partial charge in [-0.2, -0.15) is 0 Å². The number of hydrogen-bond donors (Lipinski definition) is 2. The molecular weight excluding hydrogens is 561 g/mol. The van der Waals surface area contributed by atoms with Gasteiger partial charge in [0.15, 0.2) is 15.6 Å². The normalized spacial score (nSPS) is 12.7. The van der Waals surface area contributed by atoms with Crippen LogP contribution in [0.2, 0.25) is 5.02 Å². The largest absolute Gasteiger partial charge is 0.573 e. The molecule has 8 nitrogen and oxygen atoms in total. The lowest BCUT2D eigenvalue weighted by Gasteiger charge is -2.22. The quantitative estimate of drug-likeness (QED) is 0.227. The van der Waals surface area contributed by atoms with E-state index in [0.717, 1.165) is 18.4 Å². The summed E-state index contributed by atoms with van der Waals surface area (Å²) in [5.74, 6) is -0.589. The first-order chi connectivity index (χ1) is 18.3. The first-order valence-corrected chi connectivity index (χ1v) is 13.5. The van der Waals surface area contributed by atoms with Crippen LogP contribution in [0.3, 0.4) is 0 Å². The van der Waals surface area contributed by atoms with Gasteiger partial charge in [0, 0.05) is 51.3 Å². The van der Waals surface area contributed by atoms with Gasteiger partial charge in [-0.3, -0.25) is 4.79 Å². The molecule has 0 fully saturated rings. The highest BCUT2D eigenvalue weighted by molar-refractivity contribution is 7.90. The van der Waals surface area contributed by atoms with Crippen LogP contribution in [0, 0.1) is 0 Å². The number of anilines is 1. The second-order valence-electron chi connectivity index (χ2n) is 8.45. The maximum atomic E-state index is 14.0. The predicted molar refractivity (Wildman–Crippen MR) is 140 cm³/mol. The number of alkyl halides is 3. The summed E-state index contributed by atoms with van der Waals surface area (Å²) in [6, 6.07) is 11.2. The standard InChI is InChI=1S/C26H22ClF3N2O6S/c1-36-17-9-15(10-18(11-17)39(3,34)35)32-24(19-6-4-14(27)8-23(19)37-2)25(33)21-13-31-22-7-5-16(12-20(21)22)38-26(28,29)30/h4-13,24,31-32H,1-3H3/t24-/m1/s1. The Bertz CT molecular complexity index is 1650. The Hall–Kier alpha value is -3.90. The molecule has 0 aliphatic carbocycles. The van der Waals surface area contributed by atoms with E-state index in [4.69, 9.17) is 21.1 Å². The van der Waals surface area contributed by atoms with Gasteiger partial charge in [-0.25, -0.2) is 8.42 Å². The number of hydrogen-bond acceptors (Lipinski definition) is 7. The highest BCUT2D eigenvalue weighted by Gasteiger charge is 2.32. The van der Waals surface area contributed by atoms with Crippen LogP contribution in [0.1, 0.15) is 22.0 Å². The molecule has 1 heterocycles. The summed E-state index contributed by atoms with van der Waals surface area (Å²) in [5, 5.41) is 3.56. The van der Waals surface area contributed by atoms with Gasteiger partial charge in [0.2, 0.25) is 0 Å². The third-order valence-electron chi connectivity index (χ3n) is 5.78. The fraction of sp³-hybridized carbons (Fsp3) is 0.192. The van der Waals surface area contributed by atoms with E-state index in [0.29, 0.717) is 16.1 Å². The van der Waals surface area contributed by atoms with Crippen molar-refractivity contribution in [3.63, 3.8) is 0 Å². The average molecular weight is 583 g/mol. The van der Waals surface area contributed by atoms with E-state index >= 15 is 0 Å². The summed E-state index contributed by atoms with van der Waals surface area (Å²) in [5.41, 5.74) is 1.02. The number of sulfone groups is 1. The zero-order valence-corrected chi connectivity index (χ0v) is 22.3. The Morgan fingerprint density at radius 3 is 2.38 bits per heavy atom. The van der Waals surface area contributed by atoms with Crippen LogP contribution >= 0.6 is 11.6 Å². The van der Waals surface area contributed by atoms with Crippen LogP contribution < -0.4 is 19.5 Å². The van der Waals surface area contributed by atoms with Gasteiger partial charge in [-0.05, 0) is 42.5 Å². The van der Waals surface area contributed by atoms with Gasteiger partial charge in [0.05, 0.1) is 19.1 Å². The topological polar surface area (TPSA) is 107 Å². The summed E-state index contributed by atoms with van der Waals surface area (Å²) in [6.45, 7) is 0. The van der Waals surface area contributed by atoms with Crippen molar-refractivity contribution < 1.29 is 40.6 Å². The molecule has 0 spiro atoms. The van der Waals surface area contributed by atoms with Gasteiger partial charge in [0.25, 0.3) is 0 Å². The van der Waals surface area contributed by atoms with Gasteiger partial charge < -0.3 is 24.5 Å². The number of fused-ring (bicyclic) bond motifs is 1. The Morgan fingerprint density at radius 2 is 1.74 bits per heavy atom. The molecule has 13 heteroatoms. The number of methoxy groups -OCH3 is 2. The molecule has 0 saturated heterocycles. The third kappa shape index (κ3) is 6.40. The molecule has 0 saturated carbocycles. The number of Topliss-reactive ketones (excluding diaryl/α,β-unsaturated/α-hetero) is 1. The molecule has 3 aromatic carbocycles. The number of benzene rings is 3. The van der Waals surface area contributed by atoms with Crippen molar-refractivity contribution in [2.75, 3.05) is 25.8 Å². The van der Waals surface area contributed by atoms with Crippen molar-refractivity contribution >= 4 is 43.8 Å². The van der Waals surface area contributed by atoms with E-state index in [1.807, 2.05) is 0 Å². The summed E-state index contributed by atoms with van der Waals surface area (Å²) < 4.78 is 77.7. The van der Waals surface area contributed by atoms with Crippen molar-refractivity contribution in [1.82, 2.24) is 4.98 Å². The van der Waals surface area contributed by atoms with Crippen molar-refractivity contribution in [3.05, 3.63) is 76.9 Å². The second-order valence-corrected chi connectivity index (χ2v) is 10.9. The van der Waals surface area contributed by atoms with Crippen LogP contribution in [0.25, 0.3) is 10.9 Å². The predicted octanol–water partition coefficient (Wildman–Crippen LogP) is 6.18. The smallest absolute Gasteiger partial charge is 0.497 e.